The average Bonchev–Trinajstić information content (AvgIpc) is 2.48. The summed E-state index contributed by atoms with van der Waals surface area (Å²) in [6.45, 7) is 2.14. The minimum atomic E-state index is -0.131. The van der Waals surface area contributed by atoms with Gasteiger partial charge in [0, 0.05) is 10.2 Å². The van der Waals surface area contributed by atoms with E-state index in [-0.39, 0.29) is 19.1 Å². The smallest absolute Gasteiger partial charge is 0.243 e. The first-order chi connectivity index (χ1) is 10.1. The molecule has 0 bridgehead atoms. The van der Waals surface area contributed by atoms with Gasteiger partial charge in [-0.2, -0.15) is 0 Å². The summed E-state index contributed by atoms with van der Waals surface area (Å²) in [5.41, 5.74) is 3.48. The third-order valence-corrected chi connectivity index (χ3v) is 3.62. The molecule has 2 aromatic rings. The van der Waals surface area contributed by atoms with Crippen molar-refractivity contribution in [2.24, 2.45) is 0 Å². The fourth-order valence-electron chi connectivity index (χ4n) is 1.88. The number of rotatable bonds is 5. The maximum atomic E-state index is 11.9. The lowest BCUT2D eigenvalue weighted by Crippen LogP contribution is -2.22. The lowest BCUT2D eigenvalue weighted by atomic mass is 10.2. The summed E-state index contributed by atoms with van der Waals surface area (Å²) in [5, 5.41) is 14.9. The molecule has 2 rings (SSSR count). The van der Waals surface area contributed by atoms with Crippen molar-refractivity contribution in [3.05, 3.63) is 58.1 Å². The van der Waals surface area contributed by atoms with Crippen LogP contribution in [0.15, 0.2) is 46.9 Å². The van der Waals surface area contributed by atoms with Crippen LogP contribution < -0.4 is 10.6 Å². The molecule has 2 aromatic carbocycles. The van der Waals surface area contributed by atoms with Gasteiger partial charge in [0.1, 0.15) is 0 Å². The Morgan fingerprint density at radius 1 is 1.24 bits per heavy atom. The van der Waals surface area contributed by atoms with E-state index in [1.165, 1.54) is 0 Å². The molecule has 0 aliphatic carbocycles. The van der Waals surface area contributed by atoms with Gasteiger partial charge in [-0.05, 0) is 58.2 Å². The predicted molar refractivity (Wildman–Crippen MR) is 88.4 cm³/mol. The van der Waals surface area contributed by atoms with Gasteiger partial charge < -0.3 is 15.7 Å². The summed E-state index contributed by atoms with van der Waals surface area (Å²) in [5.74, 6) is -0.131. The van der Waals surface area contributed by atoms with Crippen LogP contribution in [-0.4, -0.2) is 17.6 Å². The summed E-state index contributed by atoms with van der Waals surface area (Å²) in [6, 6.07) is 13.1. The minimum absolute atomic E-state index is 0.0158. The molecular formula is C16H17BrN2O2. The number of anilines is 2. The molecule has 0 fully saturated rings. The van der Waals surface area contributed by atoms with E-state index in [4.69, 9.17) is 5.11 Å². The van der Waals surface area contributed by atoms with Crippen molar-refractivity contribution in [3.63, 3.8) is 0 Å². The molecule has 0 saturated carbocycles. The predicted octanol–water partition coefficient (Wildman–Crippen LogP) is 3.30. The third-order valence-electron chi connectivity index (χ3n) is 2.96. The molecule has 0 aliphatic rings. The highest BCUT2D eigenvalue weighted by atomic mass is 79.9. The van der Waals surface area contributed by atoms with Crippen LogP contribution in [0.1, 0.15) is 11.1 Å². The Balaban J connectivity index is 1.92. The van der Waals surface area contributed by atoms with E-state index >= 15 is 0 Å². The molecule has 110 valence electrons. The molecule has 3 N–H and O–H groups in total. The molecule has 0 unspecified atom stereocenters. The molecule has 0 aliphatic heterocycles. The number of hydrogen-bond acceptors (Lipinski definition) is 3. The number of benzene rings is 2. The van der Waals surface area contributed by atoms with Crippen molar-refractivity contribution in [2.45, 2.75) is 13.5 Å². The third kappa shape index (κ3) is 4.58. The zero-order valence-corrected chi connectivity index (χ0v) is 13.3. The van der Waals surface area contributed by atoms with Gasteiger partial charge in [-0.25, -0.2) is 0 Å². The molecule has 4 nitrogen and oxygen atoms in total. The highest BCUT2D eigenvalue weighted by Crippen LogP contribution is 2.23. The largest absolute Gasteiger partial charge is 0.392 e. The Labute approximate surface area is 132 Å². The number of aliphatic hydroxyl groups is 1. The number of halogens is 1. The summed E-state index contributed by atoms with van der Waals surface area (Å²) >= 11 is 3.43. The standard InChI is InChI=1S/C16H17BrN2O2/c1-11-5-6-15(14(17)7-11)19-16(21)9-18-13-4-2-3-12(8-13)10-20/h2-8,18,20H,9-10H2,1H3,(H,19,21). The number of aryl methyl sites for hydroxylation is 1. The number of carbonyl (C=O) groups excluding carboxylic acids is 1. The van der Waals surface area contributed by atoms with Gasteiger partial charge in [-0.3, -0.25) is 4.79 Å². The van der Waals surface area contributed by atoms with Crippen LogP contribution in [0.3, 0.4) is 0 Å². The van der Waals surface area contributed by atoms with Crippen molar-refractivity contribution in [1.82, 2.24) is 0 Å². The van der Waals surface area contributed by atoms with Gasteiger partial charge in [0.15, 0.2) is 0 Å². The van der Waals surface area contributed by atoms with E-state index in [0.29, 0.717) is 0 Å². The quantitative estimate of drug-likeness (QED) is 0.776. The maximum Gasteiger partial charge on any atom is 0.243 e. The second-order valence-electron chi connectivity index (χ2n) is 4.74. The zero-order valence-electron chi connectivity index (χ0n) is 11.7. The van der Waals surface area contributed by atoms with Gasteiger partial charge in [-0.15, -0.1) is 0 Å². The highest BCUT2D eigenvalue weighted by molar-refractivity contribution is 9.10. The molecule has 0 radical (unpaired) electrons. The first kappa shape index (κ1) is 15.5. The second-order valence-corrected chi connectivity index (χ2v) is 5.60. The minimum Gasteiger partial charge on any atom is -0.392 e. The lowest BCUT2D eigenvalue weighted by molar-refractivity contribution is -0.114. The van der Waals surface area contributed by atoms with Gasteiger partial charge in [0.05, 0.1) is 18.8 Å². The van der Waals surface area contributed by atoms with Crippen LogP contribution in [0.4, 0.5) is 11.4 Å². The summed E-state index contributed by atoms with van der Waals surface area (Å²) in [4.78, 5) is 11.9. The number of hydrogen-bond donors (Lipinski definition) is 3. The first-order valence-electron chi connectivity index (χ1n) is 6.58. The van der Waals surface area contributed by atoms with E-state index in [0.717, 1.165) is 27.0 Å². The Morgan fingerprint density at radius 3 is 2.76 bits per heavy atom. The van der Waals surface area contributed by atoms with E-state index in [9.17, 15) is 4.79 Å². The van der Waals surface area contributed by atoms with Gasteiger partial charge >= 0.3 is 0 Å². The van der Waals surface area contributed by atoms with Gasteiger partial charge in [-0.1, -0.05) is 18.2 Å². The monoisotopic (exact) mass is 348 g/mol. The maximum absolute atomic E-state index is 11.9. The first-order valence-corrected chi connectivity index (χ1v) is 7.37. The molecule has 0 spiro atoms. The van der Waals surface area contributed by atoms with Crippen molar-refractivity contribution in [1.29, 1.82) is 0 Å². The van der Waals surface area contributed by atoms with Gasteiger partial charge in [0.25, 0.3) is 0 Å². The summed E-state index contributed by atoms with van der Waals surface area (Å²) < 4.78 is 0.859. The zero-order chi connectivity index (χ0) is 15.2. The Bertz CT molecular complexity index is 644. The van der Waals surface area contributed by atoms with Crippen LogP contribution in [0.2, 0.25) is 0 Å². The van der Waals surface area contributed by atoms with Crippen molar-refractivity contribution in [2.75, 3.05) is 17.2 Å². The number of carbonyl (C=O) groups is 1. The fourth-order valence-corrected chi connectivity index (χ4v) is 2.47. The number of amides is 1. The van der Waals surface area contributed by atoms with E-state index in [1.807, 2.05) is 49.4 Å². The molecular weight excluding hydrogens is 332 g/mol. The Kier molecular flexibility index (Phi) is 5.36. The SMILES string of the molecule is Cc1ccc(NC(=O)CNc2cccc(CO)c2)c(Br)c1. The van der Waals surface area contributed by atoms with Crippen molar-refractivity contribution < 1.29 is 9.90 Å². The van der Waals surface area contributed by atoms with E-state index < -0.39 is 0 Å². The fraction of sp³-hybridized carbons (Fsp3) is 0.188. The average molecular weight is 349 g/mol. The molecule has 21 heavy (non-hydrogen) atoms. The van der Waals surface area contributed by atoms with Crippen LogP contribution in [0.5, 0.6) is 0 Å². The van der Waals surface area contributed by atoms with Crippen LogP contribution in [0.25, 0.3) is 0 Å². The highest BCUT2D eigenvalue weighted by Gasteiger charge is 2.05. The van der Waals surface area contributed by atoms with E-state index in [1.54, 1.807) is 0 Å². The molecule has 5 heteroatoms. The van der Waals surface area contributed by atoms with Gasteiger partial charge in [0.2, 0.25) is 5.91 Å². The normalized spacial score (nSPS) is 10.2. The Morgan fingerprint density at radius 2 is 2.05 bits per heavy atom. The Hall–Kier alpha value is -1.85. The topological polar surface area (TPSA) is 61.4 Å². The molecule has 0 atom stereocenters. The molecule has 0 saturated heterocycles. The lowest BCUT2D eigenvalue weighted by Gasteiger charge is -2.10. The summed E-state index contributed by atoms with van der Waals surface area (Å²) in [7, 11) is 0. The molecule has 0 heterocycles. The molecule has 0 aromatic heterocycles. The van der Waals surface area contributed by atoms with Crippen LogP contribution in [-0.2, 0) is 11.4 Å². The number of aliphatic hydroxyl groups excluding tert-OH is 1. The van der Waals surface area contributed by atoms with E-state index in [2.05, 4.69) is 26.6 Å². The van der Waals surface area contributed by atoms with Crippen molar-refractivity contribution in [3.8, 4) is 0 Å². The second kappa shape index (κ2) is 7.24. The number of nitrogens with one attached hydrogen (secondary N) is 2. The summed E-state index contributed by atoms with van der Waals surface area (Å²) in [6.07, 6.45) is 0. The van der Waals surface area contributed by atoms with Crippen LogP contribution >= 0.6 is 15.9 Å². The van der Waals surface area contributed by atoms with Crippen molar-refractivity contribution >= 4 is 33.2 Å². The molecule has 1 amide bonds. The van der Waals surface area contributed by atoms with Crippen LogP contribution in [0, 0.1) is 6.92 Å².